The fraction of sp³-hybridized carbons (Fsp3) is 0.222. The molecule has 0 saturated heterocycles. The van der Waals surface area contributed by atoms with Crippen LogP contribution in [0.2, 0.25) is 15.1 Å². The predicted molar refractivity (Wildman–Crippen MR) is 104 cm³/mol. The molecule has 6 nitrogen and oxygen atoms in total. The number of carbonyl (C=O) groups is 2. The van der Waals surface area contributed by atoms with Crippen molar-refractivity contribution in [3.63, 3.8) is 0 Å². The first-order chi connectivity index (χ1) is 12.6. The molecular formula is C18H17Cl3O6. The van der Waals surface area contributed by atoms with Crippen LogP contribution in [0.4, 0.5) is 0 Å². The summed E-state index contributed by atoms with van der Waals surface area (Å²) in [6, 6.07) is 9.71. The average Bonchev–Trinajstić information content (AvgIpc) is 2.58. The number of carboxylic acids is 2. The van der Waals surface area contributed by atoms with Gasteiger partial charge in [0.2, 0.25) is 0 Å². The molecule has 146 valence electrons. The van der Waals surface area contributed by atoms with Crippen LogP contribution in [0, 0.1) is 6.92 Å². The summed E-state index contributed by atoms with van der Waals surface area (Å²) in [5.74, 6) is -1.23. The minimum atomic E-state index is -1.05. The third kappa shape index (κ3) is 8.39. The van der Waals surface area contributed by atoms with E-state index in [1.54, 1.807) is 24.3 Å². The molecular weight excluding hydrogens is 419 g/mol. The Kier molecular flexibility index (Phi) is 9.21. The summed E-state index contributed by atoms with van der Waals surface area (Å²) < 4.78 is 10.1. The standard InChI is InChI=1S/C9H8Cl2O3.C9H9ClO3/c1-5(9(12)13)14-8-3-2-6(10)4-7(8)11;1-6-2-3-7(10)4-8(6)13-5-9(11)12/h2-5H,1H3,(H,12,13);2-4H,5H2,1H3,(H,11,12). The minimum absolute atomic E-state index is 0.297. The third-order valence-corrected chi connectivity index (χ3v) is 3.81. The molecule has 0 radical (unpaired) electrons. The van der Waals surface area contributed by atoms with Crippen molar-refractivity contribution in [3.8, 4) is 11.5 Å². The molecule has 1 atom stereocenters. The van der Waals surface area contributed by atoms with Gasteiger partial charge in [-0.05, 0) is 49.7 Å². The SMILES string of the molecule is CC(Oc1ccc(Cl)cc1Cl)C(=O)O.Cc1ccc(Cl)cc1OCC(=O)O. The molecule has 0 aliphatic carbocycles. The molecule has 1 unspecified atom stereocenters. The van der Waals surface area contributed by atoms with Crippen LogP contribution >= 0.6 is 34.8 Å². The number of aryl methyl sites for hydroxylation is 1. The molecule has 0 amide bonds. The van der Waals surface area contributed by atoms with E-state index in [2.05, 4.69) is 0 Å². The van der Waals surface area contributed by atoms with E-state index in [9.17, 15) is 9.59 Å². The Balaban J connectivity index is 0.000000271. The molecule has 0 aliphatic rings. The quantitative estimate of drug-likeness (QED) is 0.666. The monoisotopic (exact) mass is 434 g/mol. The van der Waals surface area contributed by atoms with E-state index >= 15 is 0 Å². The van der Waals surface area contributed by atoms with Crippen LogP contribution in [0.25, 0.3) is 0 Å². The predicted octanol–water partition coefficient (Wildman–Crippen LogP) is 4.96. The van der Waals surface area contributed by atoms with Crippen LogP contribution in [0.15, 0.2) is 36.4 Å². The second-order valence-corrected chi connectivity index (χ2v) is 6.55. The van der Waals surface area contributed by atoms with Crippen molar-refractivity contribution < 1.29 is 29.3 Å². The number of hydrogen-bond donors (Lipinski definition) is 2. The van der Waals surface area contributed by atoms with Crippen LogP contribution in [0.5, 0.6) is 11.5 Å². The molecule has 0 aliphatic heterocycles. The third-order valence-electron chi connectivity index (χ3n) is 3.05. The minimum Gasteiger partial charge on any atom is -0.482 e. The summed E-state index contributed by atoms with van der Waals surface area (Å²) in [5.41, 5.74) is 0.866. The van der Waals surface area contributed by atoms with E-state index in [0.29, 0.717) is 26.6 Å². The molecule has 0 saturated carbocycles. The van der Waals surface area contributed by atoms with Crippen molar-refractivity contribution >= 4 is 46.7 Å². The summed E-state index contributed by atoms with van der Waals surface area (Å²) in [7, 11) is 0. The second kappa shape index (κ2) is 10.9. The van der Waals surface area contributed by atoms with Crippen molar-refractivity contribution in [3.05, 3.63) is 57.0 Å². The summed E-state index contributed by atoms with van der Waals surface area (Å²) in [6.45, 7) is 2.90. The molecule has 0 heterocycles. The largest absolute Gasteiger partial charge is 0.482 e. The molecule has 2 aromatic carbocycles. The van der Waals surface area contributed by atoms with Crippen molar-refractivity contribution in [2.75, 3.05) is 6.61 Å². The van der Waals surface area contributed by atoms with Gasteiger partial charge in [0.25, 0.3) is 0 Å². The van der Waals surface area contributed by atoms with E-state index in [4.69, 9.17) is 54.5 Å². The van der Waals surface area contributed by atoms with Gasteiger partial charge in [0.15, 0.2) is 12.7 Å². The van der Waals surface area contributed by atoms with Crippen LogP contribution < -0.4 is 9.47 Å². The van der Waals surface area contributed by atoms with Gasteiger partial charge in [-0.25, -0.2) is 9.59 Å². The van der Waals surface area contributed by atoms with Crippen LogP contribution in [0.3, 0.4) is 0 Å². The zero-order valence-corrected chi connectivity index (χ0v) is 16.7. The van der Waals surface area contributed by atoms with Crippen molar-refractivity contribution in [1.82, 2.24) is 0 Å². The summed E-state index contributed by atoms with van der Waals surface area (Å²) >= 11 is 17.1. The Hall–Kier alpha value is -2.15. The highest BCUT2D eigenvalue weighted by molar-refractivity contribution is 6.35. The Morgan fingerprint density at radius 1 is 1.00 bits per heavy atom. The van der Waals surface area contributed by atoms with Crippen LogP contribution in [-0.2, 0) is 9.59 Å². The lowest BCUT2D eigenvalue weighted by atomic mass is 10.2. The van der Waals surface area contributed by atoms with Gasteiger partial charge < -0.3 is 19.7 Å². The highest BCUT2D eigenvalue weighted by Crippen LogP contribution is 2.28. The van der Waals surface area contributed by atoms with Gasteiger partial charge in [-0.15, -0.1) is 0 Å². The lowest BCUT2D eigenvalue weighted by molar-refractivity contribution is -0.144. The van der Waals surface area contributed by atoms with Crippen LogP contribution in [-0.4, -0.2) is 34.9 Å². The molecule has 0 bridgehead atoms. The molecule has 9 heteroatoms. The normalized spacial score (nSPS) is 11.0. The molecule has 27 heavy (non-hydrogen) atoms. The topological polar surface area (TPSA) is 93.1 Å². The Morgan fingerprint density at radius 2 is 1.59 bits per heavy atom. The maximum Gasteiger partial charge on any atom is 0.344 e. The Labute approximate surface area is 171 Å². The first-order valence-corrected chi connectivity index (χ1v) is 8.68. The van der Waals surface area contributed by atoms with Gasteiger partial charge >= 0.3 is 11.9 Å². The fourth-order valence-corrected chi connectivity index (χ4v) is 2.30. The van der Waals surface area contributed by atoms with Crippen molar-refractivity contribution in [2.45, 2.75) is 20.0 Å². The first-order valence-electron chi connectivity index (χ1n) is 7.55. The summed E-state index contributed by atoms with van der Waals surface area (Å²) in [4.78, 5) is 20.7. The average molecular weight is 436 g/mol. The molecule has 0 spiro atoms. The van der Waals surface area contributed by atoms with Gasteiger partial charge in [0.1, 0.15) is 11.5 Å². The number of rotatable bonds is 6. The van der Waals surface area contributed by atoms with E-state index < -0.39 is 18.0 Å². The fourth-order valence-electron chi connectivity index (χ4n) is 1.68. The van der Waals surface area contributed by atoms with Crippen molar-refractivity contribution in [1.29, 1.82) is 0 Å². The first kappa shape index (κ1) is 22.9. The van der Waals surface area contributed by atoms with Gasteiger partial charge in [-0.2, -0.15) is 0 Å². The van der Waals surface area contributed by atoms with Crippen LogP contribution in [0.1, 0.15) is 12.5 Å². The number of hydrogen-bond acceptors (Lipinski definition) is 4. The molecule has 2 rings (SSSR count). The number of ether oxygens (including phenoxy) is 2. The van der Waals surface area contributed by atoms with E-state index in [0.717, 1.165) is 5.56 Å². The number of aliphatic carboxylic acids is 2. The molecule has 0 aromatic heterocycles. The van der Waals surface area contributed by atoms with Gasteiger partial charge in [-0.1, -0.05) is 40.9 Å². The smallest absolute Gasteiger partial charge is 0.344 e. The molecule has 2 aromatic rings. The number of benzene rings is 2. The highest BCUT2D eigenvalue weighted by atomic mass is 35.5. The summed E-state index contributed by atoms with van der Waals surface area (Å²) in [6.07, 6.45) is -0.936. The van der Waals surface area contributed by atoms with E-state index in [1.807, 2.05) is 6.92 Å². The van der Waals surface area contributed by atoms with Gasteiger partial charge in [0, 0.05) is 10.0 Å². The second-order valence-electron chi connectivity index (χ2n) is 5.27. The van der Waals surface area contributed by atoms with Gasteiger partial charge in [-0.3, -0.25) is 0 Å². The molecule has 2 N–H and O–H groups in total. The highest BCUT2D eigenvalue weighted by Gasteiger charge is 2.14. The number of carboxylic acid groups (broad SMARTS) is 2. The zero-order valence-electron chi connectivity index (χ0n) is 14.4. The Bertz CT molecular complexity index is 810. The maximum atomic E-state index is 10.5. The summed E-state index contributed by atoms with van der Waals surface area (Å²) in [5, 5.41) is 18.3. The lowest BCUT2D eigenvalue weighted by Gasteiger charge is -2.11. The van der Waals surface area contributed by atoms with Crippen molar-refractivity contribution in [2.24, 2.45) is 0 Å². The maximum absolute atomic E-state index is 10.5. The zero-order chi connectivity index (χ0) is 20.6. The number of halogens is 3. The lowest BCUT2D eigenvalue weighted by Crippen LogP contribution is -2.22. The van der Waals surface area contributed by atoms with E-state index in [1.165, 1.54) is 19.1 Å². The van der Waals surface area contributed by atoms with E-state index in [-0.39, 0.29) is 6.61 Å². The van der Waals surface area contributed by atoms with Gasteiger partial charge in [0.05, 0.1) is 5.02 Å². The Morgan fingerprint density at radius 3 is 2.15 bits per heavy atom. The molecule has 0 fully saturated rings.